The van der Waals surface area contributed by atoms with Crippen molar-refractivity contribution in [2.24, 2.45) is 5.41 Å². The lowest BCUT2D eigenvalue weighted by Gasteiger charge is -2.38. The summed E-state index contributed by atoms with van der Waals surface area (Å²) in [7, 11) is -3.41. The lowest BCUT2D eigenvalue weighted by atomic mass is 9.75. The zero-order valence-corrected chi connectivity index (χ0v) is 10.6. The summed E-state index contributed by atoms with van der Waals surface area (Å²) in [5.41, 5.74) is -2.21. The Morgan fingerprint density at radius 2 is 1.67 bits per heavy atom. The molecule has 0 aliphatic carbocycles. The highest BCUT2D eigenvalue weighted by Crippen LogP contribution is 2.31. The van der Waals surface area contributed by atoms with Crippen molar-refractivity contribution < 1.29 is 18.3 Å². The second-order valence-electron chi connectivity index (χ2n) is 4.56. The van der Waals surface area contributed by atoms with Gasteiger partial charge in [0.15, 0.2) is 0 Å². The molecule has 5 nitrogen and oxygen atoms in total. The van der Waals surface area contributed by atoms with Crippen molar-refractivity contribution in [3.05, 3.63) is 0 Å². The number of aliphatic carboxylic acids is 1. The Kier molecular flexibility index (Phi) is 3.93. The van der Waals surface area contributed by atoms with Crippen LogP contribution in [0.2, 0.25) is 0 Å². The number of rotatable bonds is 5. The first-order valence-corrected chi connectivity index (χ1v) is 6.36. The third kappa shape index (κ3) is 3.17. The Bertz CT molecular complexity index is 343. The lowest BCUT2D eigenvalue weighted by Crippen LogP contribution is -2.57. The van der Waals surface area contributed by atoms with Gasteiger partial charge >= 0.3 is 5.97 Å². The number of hydrogen-bond donors (Lipinski definition) is 2. The molecule has 0 unspecified atom stereocenters. The molecule has 90 valence electrons. The van der Waals surface area contributed by atoms with Crippen molar-refractivity contribution in [3.8, 4) is 0 Å². The van der Waals surface area contributed by atoms with Crippen molar-refractivity contribution in [2.45, 2.75) is 40.2 Å². The normalized spacial score (nSPS) is 13.9. The van der Waals surface area contributed by atoms with Gasteiger partial charge in [-0.2, -0.15) is 0 Å². The molecule has 0 aromatic rings. The summed E-state index contributed by atoms with van der Waals surface area (Å²) in [6.45, 7) is 7.62. The highest BCUT2D eigenvalue weighted by Gasteiger charge is 2.45. The molecule has 15 heavy (non-hydrogen) atoms. The number of carboxylic acids is 1. The lowest BCUT2D eigenvalue weighted by molar-refractivity contribution is -0.150. The minimum atomic E-state index is -3.41. The highest BCUT2D eigenvalue weighted by atomic mass is 32.2. The fourth-order valence-corrected chi connectivity index (χ4v) is 2.03. The fraction of sp³-hybridized carbons (Fsp3) is 0.889. The van der Waals surface area contributed by atoms with Gasteiger partial charge in [-0.05, 0) is 34.6 Å². The zero-order chi connectivity index (χ0) is 12.5. The predicted octanol–water partition coefficient (Wildman–Crippen LogP) is 0.815. The molecule has 0 rings (SSSR count). The van der Waals surface area contributed by atoms with Crippen LogP contribution in [0.15, 0.2) is 0 Å². The van der Waals surface area contributed by atoms with Crippen molar-refractivity contribution in [3.63, 3.8) is 0 Å². The average Bonchev–Trinajstić information content (AvgIpc) is 2.02. The SMILES string of the molecule is CCS(=O)(=O)NC(C)(C)C(C)(C)C(=O)O. The summed E-state index contributed by atoms with van der Waals surface area (Å²) < 4.78 is 25.2. The molecular weight excluding hydrogens is 218 g/mol. The van der Waals surface area contributed by atoms with Crippen molar-refractivity contribution in [1.29, 1.82) is 0 Å². The molecule has 0 spiro atoms. The van der Waals surface area contributed by atoms with Gasteiger partial charge in [-0.1, -0.05) is 0 Å². The van der Waals surface area contributed by atoms with Crippen LogP contribution in [0.5, 0.6) is 0 Å². The van der Waals surface area contributed by atoms with Crippen LogP contribution in [-0.2, 0) is 14.8 Å². The van der Waals surface area contributed by atoms with Crippen molar-refractivity contribution >= 4 is 16.0 Å². The molecule has 0 saturated carbocycles. The van der Waals surface area contributed by atoms with Gasteiger partial charge in [0.2, 0.25) is 10.0 Å². The Morgan fingerprint density at radius 1 is 1.27 bits per heavy atom. The summed E-state index contributed by atoms with van der Waals surface area (Å²) in [5, 5.41) is 9.01. The Morgan fingerprint density at radius 3 is 1.93 bits per heavy atom. The van der Waals surface area contributed by atoms with E-state index in [0.717, 1.165) is 0 Å². The van der Waals surface area contributed by atoms with Crippen LogP contribution in [0.25, 0.3) is 0 Å². The quantitative estimate of drug-likeness (QED) is 0.741. The molecule has 0 atom stereocenters. The molecule has 6 heteroatoms. The Balaban J connectivity index is 5.09. The monoisotopic (exact) mass is 237 g/mol. The molecule has 0 aromatic carbocycles. The van der Waals surface area contributed by atoms with Gasteiger partial charge in [-0.15, -0.1) is 0 Å². The third-order valence-electron chi connectivity index (χ3n) is 2.89. The van der Waals surface area contributed by atoms with E-state index in [-0.39, 0.29) is 5.75 Å². The van der Waals surface area contributed by atoms with Gasteiger partial charge in [0.25, 0.3) is 0 Å². The van der Waals surface area contributed by atoms with E-state index in [4.69, 9.17) is 5.11 Å². The third-order valence-corrected chi connectivity index (χ3v) is 4.47. The standard InChI is InChI=1S/C9H19NO4S/c1-6-15(13,14)10-9(4,5)8(2,3)7(11)12/h10H,6H2,1-5H3,(H,11,12). The van der Waals surface area contributed by atoms with E-state index >= 15 is 0 Å². The van der Waals surface area contributed by atoms with Crippen molar-refractivity contribution in [2.75, 3.05) is 5.75 Å². The number of sulfonamides is 1. The van der Waals surface area contributed by atoms with E-state index < -0.39 is 26.9 Å². The van der Waals surface area contributed by atoms with Crippen LogP contribution in [0.3, 0.4) is 0 Å². The molecule has 0 saturated heterocycles. The maximum absolute atomic E-state index is 11.4. The Labute approximate surface area is 90.9 Å². The van der Waals surface area contributed by atoms with E-state index in [1.807, 2.05) is 0 Å². The number of carbonyl (C=O) groups is 1. The van der Waals surface area contributed by atoms with Gasteiger partial charge in [0, 0.05) is 5.54 Å². The van der Waals surface area contributed by atoms with E-state index in [0.29, 0.717) is 0 Å². The summed E-state index contributed by atoms with van der Waals surface area (Å²) in [6.07, 6.45) is 0. The van der Waals surface area contributed by atoms with Gasteiger partial charge < -0.3 is 5.11 Å². The second kappa shape index (κ2) is 4.09. The van der Waals surface area contributed by atoms with Gasteiger partial charge in [0.1, 0.15) is 0 Å². The van der Waals surface area contributed by atoms with Gasteiger partial charge in [-0.25, -0.2) is 13.1 Å². The first-order valence-electron chi connectivity index (χ1n) is 4.71. The van der Waals surface area contributed by atoms with Crippen LogP contribution in [0.4, 0.5) is 0 Å². The molecule has 2 N–H and O–H groups in total. The summed E-state index contributed by atoms with van der Waals surface area (Å²) in [5.74, 6) is -1.10. The van der Waals surface area contributed by atoms with E-state index in [1.54, 1.807) is 13.8 Å². The first kappa shape index (κ1) is 14.4. The maximum Gasteiger partial charge on any atom is 0.310 e. The molecule has 0 bridgehead atoms. The summed E-state index contributed by atoms with van der Waals surface area (Å²) in [4.78, 5) is 11.0. The minimum absolute atomic E-state index is 0.0634. The largest absolute Gasteiger partial charge is 0.481 e. The average molecular weight is 237 g/mol. The van der Waals surface area contributed by atoms with Crippen LogP contribution in [0.1, 0.15) is 34.6 Å². The molecule has 0 aliphatic rings. The number of carboxylic acid groups (broad SMARTS) is 1. The molecule has 0 radical (unpaired) electrons. The Hall–Kier alpha value is -0.620. The van der Waals surface area contributed by atoms with Crippen LogP contribution < -0.4 is 4.72 Å². The van der Waals surface area contributed by atoms with E-state index in [9.17, 15) is 13.2 Å². The highest BCUT2D eigenvalue weighted by molar-refractivity contribution is 7.89. The molecule has 0 heterocycles. The maximum atomic E-state index is 11.4. The number of hydrogen-bond acceptors (Lipinski definition) is 3. The molecule has 0 aromatic heterocycles. The van der Waals surface area contributed by atoms with E-state index in [1.165, 1.54) is 20.8 Å². The summed E-state index contributed by atoms with van der Waals surface area (Å²) >= 11 is 0. The van der Waals surface area contributed by atoms with E-state index in [2.05, 4.69) is 4.72 Å². The molecule has 0 amide bonds. The first-order chi connectivity index (χ1) is 6.46. The van der Waals surface area contributed by atoms with Crippen LogP contribution >= 0.6 is 0 Å². The van der Waals surface area contributed by atoms with Crippen LogP contribution in [0, 0.1) is 5.41 Å². The molecular formula is C9H19NO4S. The van der Waals surface area contributed by atoms with Gasteiger partial charge in [-0.3, -0.25) is 4.79 Å². The molecule has 0 fully saturated rings. The number of nitrogens with one attached hydrogen (secondary N) is 1. The fourth-order valence-electron chi connectivity index (χ4n) is 0.856. The van der Waals surface area contributed by atoms with Gasteiger partial charge in [0.05, 0.1) is 11.2 Å². The van der Waals surface area contributed by atoms with Crippen molar-refractivity contribution in [1.82, 2.24) is 4.72 Å². The predicted molar refractivity (Wildman–Crippen MR) is 58.1 cm³/mol. The second-order valence-corrected chi connectivity index (χ2v) is 6.57. The van der Waals surface area contributed by atoms with Crippen LogP contribution in [-0.4, -0.2) is 30.8 Å². The smallest absolute Gasteiger partial charge is 0.310 e. The zero-order valence-electron chi connectivity index (χ0n) is 9.79. The molecule has 0 aliphatic heterocycles. The topological polar surface area (TPSA) is 83.5 Å². The minimum Gasteiger partial charge on any atom is -0.481 e. The summed E-state index contributed by atoms with van der Waals surface area (Å²) in [6, 6.07) is 0.